The molecule has 2 aromatic rings. The average Bonchev–Trinajstić information content (AvgIpc) is 2.71. The van der Waals surface area contributed by atoms with Crippen LogP contribution in [0.4, 0.5) is 5.95 Å². The normalized spacial score (nSPS) is 13.0. The highest BCUT2D eigenvalue weighted by atomic mass is 32.1. The predicted molar refractivity (Wildman–Crippen MR) is 64.2 cm³/mol. The van der Waals surface area contributed by atoms with E-state index in [0.717, 1.165) is 0 Å². The minimum atomic E-state index is 0.262. The zero-order valence-corrected chi connectivity index (χ0v) is 10.0. The van der Waals surface area contributed by atoms with Crippen LogP contribution in [0.25, 0.3) is 0 Å². The summed E-state index contributed by atoms with van der Waals surface area (Å²) in [5.41, 5.74) is 7.13. The van der Waals surface area contributed by atoms with Crippen LogP contribution in [0.2, 0.25) is 0 Å². The molecule has 1 unspecified atom stereocenters. The second-order valence-electron chi connectivity index (χ2n) is 3.74. The molecule has 2 aromatic heterocycles. The summed E-state index contributed by atoms with van der Waals surface area (Å²) in [6.45, 7) is 6.42. The molecule has 0 saturated heterocycles. The highest BCUT2D eigenvalue weighted by molar-refractivity contribution is 7.12. The van der Waals surface area contributed by atoms with Crippen LogP contribution in [0.1, 0.15) is 28.3 Å². The van der Waals surface area contributed by atoms with Crippen LogP contribution >= 0.6 is 11.3 Å². The summed E-state index contributed by atoms with van der Waals surface area (Å²) in [7, 11) is 0. The Morgan fingerprint density at radius 2 is 2.20 bits per heavy atom. The van der Waals surface area contributed by atoms with Gasteiger partial charge in [0.25, 0.3) is 0 Å². The van der Waals surface area contributed by atoms with Crippen molar-refractivity contribution in [1.82, 2.24) is 9.55 Å². The zero-order chi connectivity index (χ0) is 11.0. The van der Waals surface area contributed by atoms with E-state index in [0.29, 0.717) is 5.95 Å². The van der Waals surface area contributed by atoms with Gasteiger partial charge < -0.3 is 10.3 Å². The first kappa shape index (κ1) is 10.2. The Balaban J connectivity index is 2.40. The SMILES string of the molecule is Cc1cc(C(C)n2ccnc2N)c(C)s1. The molecule has 0 aromatic carbocycles. The fourth-order valence-electron chi connectivity index (χ4n) is 1.87. The van der Waals surface area contributed by atoms with Gasteiger partial charge in [-0.15, -0.1) is 11.3 Å². The molecule has 2 heterocycles. The predicted octanol–water partition coefficient (Wildman–Crippen LogP) is 2.75. The van der Waals surface area contributed by atoms with Crippen LogP contribution in [-0.4, -0.2) is 9.55 Å². The van der Waals surface area contributed by atoms with Crippen molar-refractivity contribution >= 4 is 17.3 Å². The zero-order valence-electron chi connectivity index (χ0n) is 9.19. The lowest BCUT2D eigenvalue weighted by Gasteiger charge is -2.14. The molecule has 0 spiro atoms. The smallest absolute Gasteiger partial charge is 0.200 e. The fraction of sp³-hybridized carbons (Fsp3) is 0.364. The molecule has 0 aliphatic rings. The molecular weight excluding hydrogens is 206 g/mol. The summed E-state index contributed by atoms with van der Waals surface area (Å²) in [5, 5.41) is 0. The van der Waals surface area contributed by atoms with E-state index in [-0.39, 0.29) is 6.04 Å². The van der Waals surface area contributed by atoms with Gasteiger partial charge in [0, 0.05) is 22.1 Å². The third-order valence-corrected chi connectivity index (χ3v) is 3.63. The molecule has 0 aliphatic carbocycles. The first-order valence-electron chi connectivity index (χ1n) is 4.95. The molecule has 3 nitrogen and oxygen atoms in total. The maximum atomic E-state index is 5.79. The van der Waals surface area contributed by atoms with Crippen molar-refractivity contribution < 1.29 is 0 Å². The van der Waals surface area contributed by atoms with Gasteiger partial charge in [-0.05, 0) is 32.4 Å². The first-order valence-corrected chi connectivity index (χ1v) is 5.76. The molecule has 0 radical (unpaired) electrons. The number of anilines is 1. The van der Waals surface area contributed by atoms with Crippen molar-refractivity contribution in [2.24, 2.45) is 0 Å². The van der Waals surface area contributed by atoms with Crippen molar-refractivity contribution in [3.63, 3.8) is 0 Å². The molecule has 0 aliphatic heterocycles. The van der Waals surface area contributed by atoms with Gasteiger partial charge in [0.1, 0.15) is 0 Å². The number of rotatable bonds is 2. The van der Waals surface area contributed by atoms with E-state index in [2.05, 4.69) is 31.8 Å². The standard InChI is InChI=1S/C11H15N3S/c1-7-6-10(9(3)15-7)8(2)14-5-4-13-11(14)12/h4-6,8H,1-3H3,(H2,12,13). The summed E-state index contributed by atoms with van der Waals surface area (Å²) in [5.74, 6) is 0.575. The Labute approximate surface area is 93.6 Å². The van der Waals surface area contributed by atoms with Crippen LogP contribution in [-0.2, 0) is 0 Å². The maximum absolute atomic E-state index is 5.79. The molecule has 4 heteroatoms. The molecule has 0 fully saturated rings. The van der Waals surface area contributed by atoms with E-state index < -0.39 is 0 Å². The number of thiophene rings is 1. The van der Waals surface area contributed by atoms with Crippen LogP contribution in [0.15, 0.2) is 18.5 Å². The van der Waals surface area contributed by atoms with Gasteiger partial charge in [-0.1, -0.05) is 0 Å². The van der Waals surface area contributed by atoms with Crippen molar-refractivity contribution in [1.29, 1.82) is 0 Å². The summed E-state index contributed by atoms with van der Waals surface area (Å²) < 4.78 is 1.99. The number of nitrogen functional groups attached to an aromatic ring is 1. The molecule has 2 N–H and O–H groups in total. The van der Waals surface area contributed by atoms with Crippen molar-refractivity contribution in [2.75, 3.05) is 5.73 Å². The van der Waals surface area contributed by atoms with Gasteiger partial charge in [-0.3, -0.25) is 0 Å². The first-order chi connectivity index (χ1) is 7.09. The largest absolute Gasteiger partial charge is 0.369 e. The number of nitrogens with two attached hydrogens (primary N) is 1. The molecule has 0 amide bonds. The molecule has 0 saturated carbocycles. The van der Waals surface area contributed by atoms with Crippen molar-refractivity contribution in [3.05, 3.63) is 33.8 Å². The molecule has 15 heavy (non-hydrogen) atoms. The molecule has 0 bridgehead atoms. The highest BCUT2D eigenvalue weighted by Crippen LogP contribution is 2.29. The number of hydrogen-bond acceptors (Lipinski definition) is 3. The second kappa shape index (κ2) is 3.70. The van der Waals surface area contributed by atoms with Gasteiger partial charge in [-0.2, -0.15) is 0 Å². The van der Waals surface area contributed by atoms with Crippen LogP contribution < -0.4 is 5.73 Å². The molecule has 1 atom stereocenters. The number of aryl methyl sites for hydroxylation is 2. The van der Waals surface area contributed by atoms with Gasteiger partial charge >= 0.3 is 0 Å². The summed E-state index contributed by atoms with van der Waals surface area (Å²) >= 11 is 1.83. The van der Waals surface area contributed by atoms with Gasteiger partial charge in [0.15, 0.2) is 0 Å². The topological polar surface area (TPSA) is 43.8 Å². The van der Waals surface area contributed by atoms with Crippen molar-refractivity contribution in [2.45, 2.75) is 26.8 Å². The van der Waals surface area contributed by atoms with E-state index in [4.69, 9.17) is 5.73 Å². The van der Waals surface area contributed by atoms with Crippen LogP contribution in [0.5, 0.6) is 0 Å². The van der Waals surface area contributed by atoms with Crippen molar-refractivity contribution in [3.8, 4) is 0 Å². The van der Waals surface area contributed by atoms with E-state index in [1.807, 2.05) is 22.1 Å². The quantitative estimate of drug-likeness (QED) is 0.847. The molecule has 80 valence electrons. The third kappa shape index (κ3) is 1.77. The van der Waals surface area contributed by atoms with E-state index in [9.17, 15) is 0 Å². The van der Waals surface area contributed by atoms with E-state index in [1.54, 1.807) is 6.20 Å². The second-order valence-corrected chi connectivity index (χ2v) is 5.20. The summed E-state index contributed by atoms with van der Waals surface area (Å²) in [4.78, 5) is 6.74. The Hall–Kier alpha value is -1.29. The molecular formula is C11H15N3S. The van der Waals surface area contributed by atoms with Gasteiger partial charge in [-0.25, -0.2) is 4.98 Å². The Morgan fingerprint density at radius 3 is 2.67 bits per heavy atom. The Kier molecular flexibility index (Phi) is 2.52. The Bertz CT molecular complexity index is 470. The lowest BCUT2D eigenvalue weighted by molar-refractivity contribution is 0.647. The number of imidazole rings is 1. The van der Waals surface area contributed by atoms with E-state index >= 15 is 0 Å². The lowest BCUT2D eigenvalue weighted by Crippen LogP contribution is -2.09. The Morgan fingerprint density at radius 1 is 1.47 bits per heavy atom. The fourth-order valence-corrected chi connectivity index (χ4v) is 2.88. The highest BCUT2D eigenvalue weighted by Gasteiger charge is 2.14. The number of nitrogens with zero attached hydrogens (tertiary/aromatic N) is 2. The van der Waals surface area contributed by atoms with Gasteiger partial charge in [0.05, 0.1) is 6.04 Å². The molecule has 2 rings (SSSR count). The average molecular weight is 221 g/mol. The van der Waals surface area contributed by atoms with Gasteiger partial charge in [0.2, 0.25) is 5.95 Å². The maximum Gasteiger partial charge on any atom is 0.200 e. The van der Waals surface area contributed by atoms with E-state index in [1.165, 1.54) is 15.3 Å². The lowest BCUT2D eigenvalue weighted by atomic mass is 10.1. The number of aromatic nitrogens is 2. The minimum Gasteiger partial charge on any atom is -0.369 e. The minimum absolute atomic E-state index is 0.262. The monoisotopic (exact) mass is 221 g/mol. The number of hydrogen-bond donors (Lipinski definition) is 1. The summed E-state index contributed by atoms with van der Waals surface area (Å²) in [6.07, 6.45) is 3.66. The van der Waals surface area contributed by atoms with Crippen LogP contribution in [0.3, 0.4) is 0 Å². The third-order valence-electron chi connectivity index (χ3n) is 2.65. The summed E-state index contributed by atoms with van der Waals surface area (Å²) in [6, 6.07) is 2.49. The van der Waals surface area contributed by atoms with Crippen LogP contribution in [0, 0.1) is 13.8 Å².